The summed E-state index contributed by atoms with van der Waals surface area (Å²) in [7, 11) is 0. The van der Waals surface area contributed by atoms with E-state index >= 15 is 0 Å². The van der Waals surface area contributed by atoms with E-state index in [2.05, 4.69) is 4.99 Å². The first-order valence-electron chi connectivity index (χ1n) is 8.21. The zero-order valence-electron chi connectivity index (χ0n) is 13.5. The molecule has 1 aromatic rings. The number of thioether (sulfide) groups is 1. The van der Waals surface area contributed by atoms with Crippen molar-refractivity contribution in [2.75, 3.05) is 13.1 Å². The molecule has 0 spiro atoms. The van der Waals surface area contributed by atoms with E-state index in [0.29, 0.717) is 38.1 Å². The summed E-state index contributed by atoms with van der Waals surface area (Å²) >= 11 is 2.97. The number of aliphatic imine (C=N–C) groups is 1. The van der Waals surface area contributed by atoms with Crippen LogP contribution in [0.5, 0.6) is 0 Å². The van der Waals surface area contributed by atoms with Gasteiger partial charge >= 0.3 is 6.03 Å². The molecule has 3 aliphatic heterocycles. The van der Waals surface area contributed by atoms with Crippen LogP contribution in [-0.2, 0) is 16.0 Å². The van der Waals surface area contributed by atoms with Gasteiger partial charge in [0.1, 0.15) is 5.25 Å². The molecule has 4 amide bonds. The summed E-state index contributed by atoms with van der Waals surface area (Å²) in [5.74, 6) is -0.0681. The number of carbonyl (C=O) groups is 3. The van der Waals surface area contributed by atoms with Gasteiger partial charge in [-0.05, 0) is 35.8 Å². The smallest absolute Gasteiger partial charge is 0.342 e. The summed E-state index contributed by atoms with van der Waals surface area (Å²) in [6, 6.07) is 3.27. The lowest BCUT2D eigenvalue weighted by atomic mass is 10.0. The molecule has 3 aliphatic rings. The van der Waals surface area contributed by atoms with Gasteiger partial charge in [0.2, 0.25) is 5.91 Å². The van der Waals surface area contributed by atoms with E-state index < -0.39 is 6.03 Å². The Balaban J connectivity index is 1.38. The lowest BCUT2D eigenvalue weighted by molar-refractivity contribution is -0.133. The molecule has 1 atom stereocenters. The molecular weight excluding hydrogens is 358 g/mol. The van der Waals surface area contributed by atoms with Crippen molar-refractivity contribution in [2.24, 2.45) is 4.99 Å². The van der Waals surface area contributed by atoms with Crippen LogP contribution in [0, 0.1) is 0 Å². The average molecular weight is 375 g/mol. The lowest BCUT2D eigenvalue weighted by Gasteiger charge is -2.38. The number of thiophene rings is 1. The van der Waals surface area contributed by atoms with E-state index in [1.165, 1.54) is 16.7 Å². The molecule has 0 bridgehead atoms. The van der Waals surface area contributed by atoms with Gasteiger partial charge in [0.05, 0.1) is 12.1 Å². The molecule has 0 saturated carbocycles. The van der Waals surface area contributed by atoms with Gasteiger partial charge in [-0.3, -0.25) is 14.5 Å². The fraction of sp³-hybridized carbons (Fsp3) is 0.412. The Bertz CT molecular complexity index is 764. The first-order chi connectivity index (χ1) is 12.1. The van der Waals surface area contributed by atoms with Crippen molar-refractivity contribution in [3.63, 3.8) is 0 Å². The van der Waals surface area contributed by atoms with Crippen LogP contribution in [-0.4, -0.2) is 57.7 Å². The highest BCUT2D eigenvalue weighted by Gasteiger charge is 2.42. The molecule has 1 aromatic heterocycles. The molecule has 4 heterocycles. The van der Waals surface area contributed by atoms with Crippen molar-refractivity contribution in [1.82, 2.24) is 9.80 Å². The molecule has 4 rings (SSSR count). The van der Waals surface area contributed by atoms with Crippen LogP contribution >= 0.6 is 23.1 Å². The monoisotopic (exact) mass is 375 g/mol. The Kier molecular flexibility index (Phi) is 4.47. The number of allylic oxidation sites excluding steroid dienone is 1. The molecule has 0 aromatic carbocycles. The molecular formula is C17H17N3O3S2. The summed E-state index contributed by atoms with van der Waals surface area (Å²) in [5, 5.41) is 3.40. The van der Waals surface area contributed by atoms with Gasteiger partial charge in [-0.2, -0.15) is 4.99 Å². The largest absolute Gasteiger partial charge is 0.350 e. The number of hydrogen-bond donors (Lipinski definition) is 0. The number of rotatable bonds is 3. The zero-order chi connectivity index (χ0) is 17.4. The Morgan fingerprint density at radius 3 is 2.80 bits per heavy atom. The minimum atomic E-state index is -0.466. The first-order valence-corrected chi connectivity index (χ1v) is 10.0. The maximum atomic E-state index is 12.6. The molecule has 1 unspecified atom stereocenters. The predicted octanol–water partition coefficient (Wildman–Crippen LogP) is 2.31. The molecule has 0 N–H and O–H groups in total. The number of piperidine rings is 1. The number of amides is 4. The third-order valence-electron chi connectivity index (χ3n) is 4.70. The van der Waals surface area contributed by atoms with Gasteiger partial charge in [0, 0.05) is 24.0 Å². The highest BCUT2D eigenvalue weighted by Crippen LogP contribution is 2.30. The maximum Gasteiger partial charge on any atom is 0.350 e. The van der Waals surface area contributed by atoms with E-state index in [0.717, 1.165) is 4.88 Å². The van der Waals surface area contributed by atoms with Gasteiger partial charge in [0.25, 0.3) is 5.91 Å². The van der Waals surface area contributed by atoms with Gasteiger partial charge in [-0.1, -0.05) is 6.07 Å². The van der Waals surface area contributed by atoms with Crippen LogP contribution < -0.4 is 0 Å². The molecule has 1 fully saturated rings. The second-order valence-electron chi connectivity index (χ2n) is 6.21. The number of urea groups is 1. The van der Waals surface area contributed by atoms with Crippen molar-refractivity contribution >= 4 is 46.7 Å². The average Bonchev–Trinajstić information content (AvgIpc) is 3.27. The SMILES string of the molecule is O=C(Cc1cccs1)N1CCC(N2C(=O)N=C3C=CSC3C2=O)CC1. The van der Waals surface area contributed by atoms with Crippen LogP contribution in [0.15, 0.2) is 34.0 Å². The number of imide groups is 1. The van der Waals surface area contributed by atoms with Crippen molar-refractivity contribution in [2.45, 2.75) is 30.6 Å². The molecule has 0 radical (unpaired) electrons. The Hall–Kier alpha value is -1.93. The number of fused-ring (bicyclic) bond motifs is 1. The highest BCUT2D eigenvalue weighted by molar-refractivity contribution is 8.04. The number of hydrogen-bond acceptors (Lipinski definition) is 5. The highest BCUT2D eigenvalue weighted by atomic mass is 32.2. The van der Waals surface area contributed by atoms with Crippen LogP contribution in [0.3, 0.4) is 0 Å². The lowest BCUT2D eigenvalue weighted by Crippen LogP contribution is -2.55. The Morgan fingerprint density at radius 2 is 2.08 bits per heavy atom. The van der Waals surface area contributed by atoms with Gasteiger partial charge < -0.3 is 4.90 Å². The first kappa shape index (κ1) is 16.5. The molecule has 6 nitrogen and oxygen atoms in total. The second-order valence-corrected chi connectivity index (χ2v) is 8.26. The number of nitrogens with zero attached hydrogens (tertiary/aromatic N) is 3. The van der Waals surface area contributed by atoms with Crippen molar-refractivity contribution in [1.29, 1.82) is 0 Å². The number of carbonyl (C=O) groups excluding carboxylic acids is 3. The molecule has 25 heavy (non-hydrogen) atoms. The fourth-order valence-electron chi connectivity index (χ4n) is 3.39. The van der Waals surface area contributed by atoms with Gasteiger partial charge in [-0.25, -0.2) is 4.79 Å². The second kappa shape index (κ2) is 6.76. The Morgan fingerprint density at radius 1 is 1.28 bits per heavy atom. The van der Waals surface area contributed by atoms with Crippen LogP contribution in [0.2, 0.25) is 0 Å². The van der Waals surface area contributed by atoms with E-state index in [-0.39, 0.29) is 23.1 Å². The van der Waals surface area contributed by atoms with Crippen LogP contribution in [0.1, 0.15) is 17.7 Å². The summed E-state index contributed by atoms with van der Waals surface area (Å²) in [6.07, 6.45) is 3.38. The standard InChI is InChI=1S/C17H17N3O3S2/c21-14(10-12-2-1-8-24-12)19-6-3-11(4-7-19)20-16(22)15-13(5-9-25-15)18-17(20)23/h1-2,5,8-9,11,15H,3-4,6-7,10H2. The summed E-state index contributed by atoms with van der Waals surface area (Å²) in [5.41, 5.74) is 0.555. The van der Waals surface area contributed by atoms with Crippen LogP contribution in [0.25, 0.3) is 0 Å². The minimum Gasteiger partial charge on any atom is -0.342 e. The molecule has 8 heteroatoms. The molecule has 0 aliphatic carbocycles. The zero-order valence-corrected chi connectivity index (χ0v) is 15.1. The summed E-state index contributed by atoms with van der Waals surface area (Å²) in [4.78, 5) is 45.5. The normalized spacial score (nSPS) is 23.8. The van der Waals surface area contributed by atoms with Crippen molar-refractivity contribution in [3.05, 3.63) is 33.9 Å². The predicted molar refractivity (Wildman–Crippen MR) is 97.8 cm³/mol. The van der Waals surface area contributed by atoms with Crippen molar-refractivity contribution in [3.8, 4) is 0 Å². The minimum absolute atomic E-state index is 0.105. The molecule has 130 valence electrons. The third kappa shape index (κ3) is 3.16. The quantitative estimate of drug-likeness (QED) is 0.813. The van der Waals surface area contributed by atoms with E-state index in [1.54, 1.807) is 17.4 Å². The topological polar surface area (TPSA) is 70.1 Å². The van der Waals surface area contributed by atoms with E-state index in [9.17, 15) is 14.4 Å². The van der Waals surface area contributed by atoms with E-state index in [4.69, 9.17) is 0 Å². The fourth-order valence-corrected chi connectivity index (χ4v) is 4.97. The van der Waals surface area contributed by atoms with Crippen LogP contribution in [0.4, 0.5) is 4.79 Å². The van der Waals surface area contributed by atoms with E-state index in [1.807, 2.05) is 27.8 Å². The Labute approximate surface area is 153 Å². The van der Waals surface area contributed by atoms with Crippen molar-refractivity contribution < 1.29 is 14.4 Å². The van der Waals surface area contributed by atoms with Gasteiger partial charge in [0.15, 0.2) is 0 Å². The maximum absolute atomic E-state index is 12.6. The summed E-state index contributed by atoms with van der Waals surface area (Å²) < 4.78 is 0. The van der Waals surface area contributed by atoms with Gasteiger partial charge in [-0.15, -0.1) is 23.1 Å². The number of likely N-dealkylation sites (tertiary alicyclic amines) is 1. The molecule has 1 saturated heterocycles. The third-order valence-corrected chi connectivity index (χ3v) is 6.59. The summed E-state index contributed by atoms with van der Waals surface area (Å²) in [6.45, 7) is 1.14.